The van der Waals surface area contributed by atoms with Gasteiger partial charge >= 0.3 is 0 Å². The lowest BCUT2D eigenvalue weighted by atomic mass is 9.98. The van der Waals surface area contributed by atoms with Crippen molar-refractivity contribution in [3.05, 3.63) is 36.0 Å². The molecule has 1 nitrogen and oxygen atoms in total. The van der Waals surface area contributed by atoms with Gasteiger partial charge in [-0.2, -0.15) is 0 Å². The second-order valence-electron chi connectivity index (χ2n) is 5.13. The smallest absolute Gasteiger partial charge is 0.0831 e. The average molecular weight is 236 g/mol. The van der Waals surface area contributed by atoms with Gasteiger partial charge in [0.25, 0.3) is 0 Å². The first-order chi connectivity index (χ1) is 7.93. The molecule has 1 heteroatoms. The molecule has 17 heavy (non-hydrogen) atoms. The van der Waals surface area contributed by atoms with Crippen molar-refractivity contribution in [1.29, 1.82) is 0 Å². The standard InChI is InChI=1S/C16H28O/c1-7-16(5,17-6)13-9-12-15(4)11-8-10-14(2)3/h7,10,12H,1,8-9,11,13H2,2-6H3. The van der Waals surface area contributed by atoms with Gasteiger partial charge in [-0.15, -0.1) is 6.58 Å². The molecule has 0 aromatic carbocycles. The van der Waals surface area contributed by atoms with Gasteiger partial charge in [0.15, 0.2) is 0 Å². The van der Waals surface area contributed by atoms with Crippen LogP contribution >= 0.6 is 0 Å². The summed E-state index contributed by atoms with van der Waals surface area (Å²) in [6.07, 6.45) is 10.8. The Morgan fingerprint density at radius 2 is 1.82 bits per heavy atom. The van der Waals surface area contributed by atoms with Gasteiger partial charge in [-0.1, -0.05) is 29.4 Å². The Hall–Kier alpha value is -0.820. The molecule has 0 aliphatic rings. The van der Waals surface area contributed by atoms with Crippen molar-refractivity contribution in [2.75, 3.05) is 7.11 Å². The lowest BCUT2D eigenvalue weighted by molar-refractivity contribution is 0.0425. The van der Waals surface area contributed by atoms with E-state index >= 15 is 0 Å². The largest absolute Gasteiger partial charge is 0.374 e. The summed E-state index contributed by atoms with van der Waals surface area (Å²) in [5.41, 5.74) is 2.68. The van der Waals surface area contributed by atoms with Gasteiger partial charge in [0.2, 0.25) is 0 Å². The molecule has 0 N–H and O–H groups in total. The Kier molecular flexibility index (Phi) is 7.90. The van der Waals surface area contributed by atoms with Crippen LogP contribution in [0.5, 0.6) is 0 Å². The van der Waals surface area contributed by atoms with E-state index in [0.29, 0.717) is 0 Å². The van der Waals surface area contributed by atoms with Gasteiger partial charge < -0.3 is 4.74 Å². The number of rotatable bonds is 8. The molecule has 98 valence electrons. The normalized spacial score (nSPS) is 15.2. The van der Waals surface area contributed by atoms with Crippen LogP contribution in [0, 0.1) is 0 Å². The summed E-state index contributed by atoms with van der Waals surface area (Å²) >= 11 is 0. The molecule has 0 bridgehead atoms. The van der Waals surface area contributed by atoms with Crippen molar-refractivity contribution in [2.45, 2.75) is 59.0 Å². The van der Waals surface area contributed by atoms with E-state index in [1.54, 1.807) is 7.11 Å². The predicted octanol–water partition coefficient (Wildman–Crippen LogP) is 5.05. The Morgan fingerprint density at radius 3 is 2.29 bits per heavy atom. The maximum Gasteiger partial charge on any atom is 0.0831 e. The number of ether oxygens (including phenoxy) is 1. The van der Waals surface area contributed by atoms with E-state index in [-0.39, 0.29) is 5.60 Å². The fourth-order valence-corrected chi connectivity index (χ4v) is 1.58. The minimum absolute atomic E-state index is 0.184. The molecule has 0 rings (SSSR count). The summed E-state index contributed by atoms with van der Waals surface area (Å²) in [4.78, 5) is 0. The minimum Gasteiger partial charge on any atom is -0.374 e. The molecule has 0 aromatic heterocycles. The molecule has 0 fully saturated rings. The van der Waals surface area contributed by atoms with Crippen molar-refractivity contribution in [2.24, 2.45) is 0 Å². The lowest BCUT2D eigenvalue weighted by Gasteiger charge is -2.23. The molecule has 0 saturated carbocycles. The van der Waals surface area contributed by atoms with Crippen molar-refractivity contribution < 1.29 is 4.74 Å². The van der Waals surface area contributed by atoms with Gasteiger partial charge in [-0.25, -0.2) is 0 Å². The van der Waals surface area contributed by atoms with Crippen LogP contribution in [-0.2, 0) is 4.74 Å². The Balaban J connectivity index is 3.99. The van der Waals surface area contributed by atoms with E-state index in [2.05, 4.69) is 46.4 Å². The van der Waals surface area contributed by atoms with Crippen molar-refractivity contribution in [1.82, 2.24) is 0 Å². The van der Waals surface area contributed by atoms with Crippen LogP contribution in [0.2, 0.25) is 0 Å². The predicted molar refractivity (Wildman–Crippen MR) is 77.3 cm³/mol. The average Bonchev–Trinajstić information content (AvgIpc) is 2.28. The van der Waals surface area contributed by atoms with Crippen molar-refractivity contribution in [3.63, 3.8) is 0 Å². The highest BCUT2D eigenvalue weighted by Gasteiger charge is 2.17. The highest BCUT2D eigenvalue weighted by atomic mass is 16.5. The summed E-state index contributed by atoms with van der Waals surface area (Å²) in [5, 5.41) is 0. The Morgan fingerprint density at radius 1 is 1.18 bits per heavy atom. The third-order valence-corrected chi connectivity index (χ3v) is 3.12. The highest BCUT2D eigenvalue weighted by Crippen LogP contribution is 2.19. The number of hydrogen-bond donors (Lipinski definition) is 0. The molecule has 0 aromatic rings. The molecule has 0 spiro atoms. The molecule has 0 radical (unpaired) electrons. The first-order valence-corrected chi connectivity index (χ1v) is 6.41. The van der Waals surface area contributed by atoms with Crippen LogP contribution < -0.4 is 0 Å². The van der Waals surface area contributed by atoms with E-state index in [1.165, 1.54) is 11.1 Å². The van der Waals surface area contributed by atoms with E-state index < -0.39 is 0 Å². The number of methoxy groups -OCH3 is 1. The van der Waals surface area contributed by atoms with Gasteiger partial charge in [0.1, 0.15) is 0 Å². The fraction of sp³-hybridized carbons (Fsp3) is 0.625. The van der Waals surface area contributed by atoms with Crippen molar-refractivity contribution >= 4 is 0 Å². The van der Waals surface area contributed by atoms with Crippen molar-refractivity contribution in [3.8, 4) is 0 Å². The zero-order valence-corrected chi connectivity index (χ0v) is 12.2. The van der Waals surface area contributed by atoms with E-state index in [1.807, 2.05) is 6.08 Å². The van der Waals surface area contributed by atoms with Crippen LogP contribution in [0.3, 0.4) is 0 Å². The van der Waals surface area contributed by atoms with Crippen LogP contribution in [0.4, 0.5) is 0 Å². The summed E-state index contributed by atoms with van der Waals surface area (Å²) in [6.45, 7) is 12.4. The van der Waals surface area contributed by atoms with Gasteiger partial charge in [-0.05, 0) is 53.4 Å². The minimum atomic E-state index is -0.184. The van der Waals surface area contributed by atoms with Gasteiger partial charge in [-0.3, -0.25) is 0 Å². The third kappa shape index (κ3) is 7.98. The van der Waals surface area contributed by atoms with Crippen LogP contribution in [-0.4, -0.2) is 12.7 Å². The molecule has 0 heterocycles. The number of hydrogen-bond acceptors (Lipinski definition) is 1. The molecule has 1 atom stereocenters. The molecule has 0 saturated heterocycles. The van der Waals surface area contributed by atoms with Crippen LogP contribution in [0.1, 0.15) is 53.4 Å². The monoisotopic (exact) mass is 236 g/mol. The van der Waals surface area contributed by atoms with Crippen LogP contribution in [0.15, 0.2) is 36.0 Å². The summed E-state index contributed by atoms with van der Waals surface area (Å²) in [7, 11) is 1.74. The zero-order valence-electron chi connectivity index (χ0n) is 12.2. The molecule has 1 unspecified atom stereocenters. The zero-order chi connectivity index (χ0) is 13.3. The quantitative estimate of drug-likeness (QED) is 0.536. The maximum absolute atomic E-state index is 5.42. The lowest BCUT2D eigenvalue weighted by Crippen LogP contribution is -2.23. The fourth-order valence-electron chi connectivity index (χ4n) is 1.58. The van der Waals surface area contributed by atoms with Crippen LogP contribution in [0.25, 0.3) is 0 Å². The van der Waals surface area contributed by atoms with Gasteiger partial charge in [0.05, 0.1) is 5.60 Å². The summed E-state index contributed by atoms with van der Waals surface area (Å²) in [5.74, 6) is 0. The third-order valence-electron chi connectivity index (χ3n) is 3.12. The second kappa shape index (κ2) is 8.30. The number of allylic oxidation sites excluding steroid dienone is 4. The Bertz CT molecular complexity index is 282. The maximum atomic E-state index is 5.42. The summed E-state index contributed by atoms with van der Waals surface area (Å²) in [6, 6.07) is 0. The van der Waals surface area contributed by atoms with E-state index in [4.69, 9.17) is 4.74 Å². The second-order valence-corrected chi connectivity index (χ2v) is 5.13. The van der Waals surface area contributed by atoms with Gasteiger partial charge in [0, 0.05) is 7.11 Å². The Labute approximate surface area is 107 Å². The molecule has 0 amide bonds. The highest BCUT2D eigenvalue weighted by molar-refractivity contribution is 5.03. The first kappa shape index (κ1) is 16.2. The van der Waals surface area contributed by atoms with E-state index in [0.717, 1.165) is 25.7 Å². The summed E-state index contributed by atoms with van der Waals surface area (Å²) < 4.78 is 5.42. The SMILES string of the molecule is C=CC(C)(CCC=C(C)CCC=C(C)C)OC. The molecule has 0 aliphatic carbocycles. The molecular weight excluding hydrogens is 208 g/mol. The van der Waals surface area contributed by atoms with E-state index in [9.17, 15) is 0 Å². The topological polar surface area (TPSA) is 9.23 Å². The molecule has 0 aliphatic heterocycles. The molecular formula is C16H28O. The first-order valence-electron chi connectivity index (χ1n) is 6.41.